The maximum Gasteiger partial charge on any atom is 0.324 e. The highest BCUT2D eigenvalue weighted by Gasteiger charge is 2.25. The molecule has 100 valence electrons. The van der Waals surface area contributed by atoms with Gasteiger partial charge in [-0.05, 0) is 19.3 Å². The third-order valence-electron chi connectivity index (χ3n) is 3.01. The minimum absolute atomic E-state index is 0.260. The first kappa shape index (κ1) is 13.1. The Labute approximate surface area is 111 Å². The number of ether oxygens (including phenoxy) is 2. The lowest BCUT2D eigenvalue weighted by atomic mass is 10.0. The fourth-order valence-electron chi connectivity index (χ4n) is 2.06. The van der Waals surface area contributed by atoms with E-state index in [1.54, 1.807) is 0 Å². The summed E-state index contributed by atoms with van der Waals surface area (Å²) in [6, 6.07) is 0.781. The molecule has 1 unspecified atom stereocenters. The zero-order valence-corrected chi connectivity index (χ0v) is 11.4. The first-order valence-electron chi connectivity index (χ1n) is 5.95. The fraction of sp³-hybridized carbons (Fsp3) is 0.727. The molecule has 6 nitrogen and oxygen atoms in total. The van der Waals surface area contributed by atoms with Crippen LogP contribution in [0.3, 0.4) is 0 Å². The number of hydrogen-bond donors (Lipinski definition) is 0. The van der Waals surface area contributed by atoms with Crippen LogP contribution in [0.1, 0.15) is 19.3 Å². The molecule has 1 atom stereocenters. The van der Waals surface area contributed by atoms with Crippen molar-refractivity contribution in [3.05, 3.63) is 0 Å². The number of piperidine rings is 1. The van der Waals surface area contributed by atoms with Crippen LogP contribution in [-0.2, 0) is 0 Å². The number of halogens is 1. The van der Waals surface area contributed by atoms with Crippen LogP contribution < -0.4 is 14.4 Å². The number of anilines is 1. The lowest BCUT2D eigenvalue weighted by Crippen LogP contribution is -2.41. The van der Waals surface area contributed by atoms with Crippen LogP contribution in [-0.4, -0.2) is 47.6 Å². The number of nitrogens with zero attached hydrogens (tertiary/aromatic N) is 4. The van der Waals surface area contributed by atoms with Gasteiger partial charge in [-0.15, -0.1) is 16.6 Å². The van der Waals surface area contributed by atoms with Gasteiger partial charge in [0.25, 0.3) is 0 Å². The van der Waals surface area contributed by atoms with E-state index in [4.69, 9.17) is 21.1 Å². The van der Waals surface area contributed by atoms with E-state index < -0.39 is 0 Å². The van der Waals surface area contributed by atoms with Gasteiger partial charge in [-0.3, -0.25) is 0 Å². The summed E-state index contributed by atoms with van der Waals surface area (Å²) in [4.78, 5) is 14.6. The van der Waals surface area contributed by atoms with Gasteiger partial charge in [0.15, 0.2) is 0 Å². The Hall–Kier alpha value is -1.30. The molecule has 1 aromatic rings. The molecular formula is C11H17ClN4O2. The molecule has 2 rings (SSSR count). The molecule has 1 fully saturated rings. The molecular weight excluding hydrogens is 256 g/mol. The number of hydrogen-bond acceptors (Lipinski definition) is 6. The Bertz CT molecular complexity index is 382. The summed E-state index contributed by atoms with van der Waals surface area (Å²) in [5.41, 5.74) is 0. The highest BCUT2D eigenvalue weighted by molar-refractivity contribution is 6.18. The van der Waals surface area contributed by atoms with E-state index in [1.807, 2.05) is 0 Å². The van der Waals surface area contributed by atoms with Crippen LogP contribution in [0.25, 0.3) is 0 Å². The van der Waals surface area contributed by atoms with Crippen LogP contribution >= 0.6 is 11.6 Å². The van der Waals surface area contributed by atoms with E-state index in [0.717, 1.165) is 19.4 Å². The van der Waals surface area contributed by atoms with Crippen molar-refractivity contribution in [3.63, 3.8) is 0 Å². The van der Waals surface area contributed by atoms with Crippen molar-refractivity contribution in [3.8, 4) is 12.0 Å². The van der Waals surface area contributed by atoms with Crippen molar-refractivity contribution in [2.75, 3.05) is 31.5 Å². The average Bonchev–Trinajstić information content (AvgIpc) is 2.46. The molecule has 18 heavy (non-hydrogen) atoms. The quantitative estimate of drug-likeness (QED) is 0.774. The summed E-state index contributed by atoms with van der Waals surface area (Å²) in [5.74, 6) is 1.14. The topological polar surface area (TPSA) is 60.4 Å². The van der Waals surface area contributed by atoms with Gasteiger partial charge in [-0.2, -0.15) is 9.97 Å². The van der Waals surface area contributed by atoms with Crippen molar-refractivity contribution in [2.45, 2.75) is 25.3 Å². The fourth-order valence-corrected chi connectivity index (χ4v) is 2.38. The Balaban J connectivity index is 2.29. The molecule has 1 saturated heterocycles. The van der Waals surface area contributed by atoms with E-state index in [9.17, 15) is 0 Å². The van der Waals surface area contributed by atoms with Gasteiger partial charge in [0.1, 0.15) is 0 Å². The standard InChI is InChI=1S/C11H17ClN4O2/c1-17-10-13-9(14-11(15-10)18-2)16-6-4-3-5-8(16)7-12/h8H,3-7H2,1-2H3. The van der Waals surface area contributed by atoms with Gasteiger partial charge < -0.3 is 14.4 Å². The van der Waals surface area contributed by atoms with E-state index in [1.165, 1.54) is 20.6 Å². The van der Waals surface area contributed by atoms with E-state index >= 15 is 0 Å². The predicted octanol–water partition coefficient (Wildman–Crippen LogP) is 1.49. The molecule has 0 bridgehead atoms. The smallest absolute Gasteiger partial charge is 0.324 e. The van der Waals surface area contributed by atoms with Crippen molar-refractivity contribution in [1.29, 1.82) is 0 Å². The van der Waals surface area contributed by atoms with E-state index in [0.29, 0.717) is 11.8 Å². The maximum atomic E-state index is 6.00. The van der Waals surface area contributed by atoms with Crippen molar-refractivity contribution < 1.29 is 9.47 Å². The minimum Gasteiger partial charge on any atom is -0.467 e. The first-order valence-corrected chi connectivity index (χ1v) is 6.48. The van der Waals surface area contributed by atoms with Crippen molar-refractivity contribution >= 4 is 17.5 Å². The summed E-state index contributed by atoms with van der Waals surface area (Å²) in [6.07, 6.45) is 3.36. The molecule has 1 aliphatic heterocycles. The summed E-state index contributed by atoms with van der Waals surface area (Å²) in [5, 5.41) is 0. The number of methoxy groups -OCH3 is 2. The molecule has 0 N–H and O–H groups in total. The molecule has 2 heterocycles. The molecule has 0 saturated carbocycles. The second-order valence-corrected chi connectivity index (χ2v) is 4.41. The molecule has 0 radical (unpaired) electrons. The Morgan fingerprint density at radius 2 is 1.83 bits per heavy atom. The van der Waals surface area contributed by atoms with Crippen LogP contribution in [0.15, 0.2) is 0 Å². The Morgan fingerprint density at radius 3 is 2.39 bits per heavy atom. The van der Waals surface area contributed by atoms with Crippen LogP contribution in [0.2, 0.25) is 0 Å². The molecule has 0 amide bonds. The molecule has 1 aromatic heterocycles. The molecule has 0 aliphatic carbocycles. The molecule has 7 heteroatoms. The largest absolute Gasteiger partial charge is 0.467 e. The Kier molecular flexibility index (Phi) is 4.41. The van der Waals surface area contributed by atoms with Gasteiger partial charge in [-0.25, -0.2) is 0 Å². The van der Waals surface area contributed by atoms with E-state index in [2.05, 4.69) is 19.9 Å². The minimum atomic E-state index is 0.260. The highest BCUT2D eigenvalue weighted by Crippen LogP contribution is 2.24. The van der Waals surface area contributed by atoms with Gasteiger partial charge in [-0.1, -0.05) is 0 Å². The number of rotatable bonds is 4. The average molecular weight is 273 g/mol. The van der Waals surface area contributed by atoms with Crippen LogP contribution in [0, 0.1) is 0 Å². The van der Waals surface area contributed by atoms with Crippen molar-refractivity contribution in [2.24, 2.45) is 0 Å². The second kappa shape index (κ2) is 6.04. The first-order chi connectivity index (χ1) is 8.78. The lowest BCUT2D eigenvalue weighted by Gasteiger charge is -2.34. The third-order valence-corrected chi connectivity index (χ3v) is 3.37. The van der Waals surface area contributed by atoms with Crippen LogP contribution in [0.5, 0.6) is 12.0 Å². The van der Waals surface area contributed by atoms with Gasteiger partial charge >= 0.3 is 12.0 Å². The highest BCUT2D eigenvalue weighted by atomic mass is 35.5. The summed E-state index contributed by atoms with van der Waals surface area (Å²) < 4.78 is 10.1. The molecule has 0 aromatic carbocycles. The summed E-state index contributed by atoms with van der Waals surface area (Å²) in [6.45, 7) is 0.897. The number of aromatic nitrogens is 3. The SMILES string of the molecule is COc1nc(OC)nc(N2CCCCC2CCl)n1. The van der Waals surface area contributed by atoms with Gasteiger partial charge in [0.2, 0.25) is 5.95 Å². The lowest BCUT2D eigenvalue weighted by molar-refractivity contribution is 0.338. The van der Waals surface area contributed by atoms with Gasteiger partial charge in [0.05, 0.1) is 14.2 Å². The van der Waals surface area contributed by atoms with Gasteiger partial charge in [0, 0.05) is 18.5 Å². The molecule has 1 aliphatic rings. The zero-order chi connectivity index (χ0) is 13.0. The van der Waals surface area contributed by atoms with Crippen molar-refractivity contribution in [1.82, 2.24) is 15.0 Å². The maximum absolute atomic E-state index is 6.00. The zero-order valence-electron chi connectivity index (χ0n) is 10.6. The van der Waals surface area contributed by atoms with E-state index in [-0.39, 0.29) is 18.1 Å². The second-order valence-electron chi connectivity index (χ2n) is 4.11. The normalized spacial score (nSPS) is 19.7. The van der Waals surface area contributed by atoms with Crippen LogP contribution in [0.4, 0.5) is 5.95 Å². The monoisotopic (exact) mass is 272 g/mol. The number of alkyl halides is 1. The third kappa shape index (κ3) is 2.75. The Morgan fingerprint density at radius 1 is 1.17 bits per heavy atom. The predicted molar refractivity (Wildman–Crippen MR) is 68.6 cm³/mol. The molecule has 0 spiro atoms. The summed E-state index contributed by atoms with van der Waals surface area (Å²) >= 11 is 6.00. The summed E-state index contributed by atoms with van der Waals surface area (Å²) in [7, 11) is 3.04.